The highest BCUT2D eigenvalue weighted by molar-refractivity contribution is 7.99. The summed E-state index contributed by atoms with van der Waals surface area (Å²) in [6.07, 6.45) is -0.553. The maximum absolute atomic E-state index is 9.51. The van der Waals surface area contributed by atoms with E-state index in [0.717, 1.165) is 15.4 Å². The van der Waals surface area contributed by atoms with Crippen LogP contribution in [0.25, 0.3) is 0 Å². The zero-order valence-electron chi connectivity index (χ0n) is 9.73. The molecule has 1 unspecified atom stereocenters. The van der Waals surface area contributed by atoms with Crippen LogP contribution in [0.4, 0.5) is 0 Å². The van der Waals surface area contributed by atoms with E-state index in [4.69, 9.17) is 23.2 Å². The molecule has 0 fully saturated rings. The third-order valence-corrected chi connectivity index (χ3v) is 4.00. The zero-order chi connectivity index (χ0) is 13.1. The maximum atomic E-state index is 9.51. The van der Waals surface area contributed by atoms with Crippen molar-refractivity contribution in [2.45, 2.75) is 22.8 Å². The minimum Gasteiger partial charge on any atom is -0.389 e. The van der Waals surface area contributed by atoms with E-state index in [-0.39, 0.29) is 0 Å². The van der Waals surface area contributed by atoms with Gasteiger partial charge in [0.15, 0.2) is 0 Å². The Morgan fingerprint density at radius 2 is 1.78 bits per heavy atom. The Morgan fingerprint density at radius 1 is 1.06 bits per heavy atom. The Bertz CT molecular complexity index is 555. The molecule has 0 saturated heterocycles. The molecule has 0 spiro atoms. The molecule has 2 aromatic rings. The van der Waals surface area contributed by atoms with Crippen LogP contribution in [0.2, 0.25) is 10.0 Å². The smallest absolute Gasteiger partial charge is 0.0776 e. The Balaban J connectivity index is 2.23. The number of aliphatic hydroxyl groups excluding tert-OH is 1. The lowest BCUT2D eigenvalue weighted by Crippen LogP contribution is -1.91. The van der Waals surface area contributed by atoms with E-state index in [9.17, 15) is 5.11 Å². The van der Waals surface area contributed by atoms with Crippen LogP contribution < -0.4 is 0 Å². The molecule has 2 rings (SSSR count). The van der Waals surface area contributed by atoms with Gasteiger partial charge >= 0.3 is 0 Å². The third-order valence-electron chi connectivity index (χ3n) is 2.45. The lowest BCUT2D eigenvalue weighted by molar-refractivity contribution is 0.199. The molecular formula is C14H12Cl2OS. The van der Waals surface area contributed by atoms with Crippen molar-refractivity contribution in [3.05, 3.63) is 58.1 Å². The molecule has 0 amide bonds. The fourth-order valence-electron chi connectivity index (χ4n) is 1.58. The standard InChI is InChI=1S/C14H12Cl2OS/c1-9(17)13-6-5-12(8-14(13)16)18-11-4-2-3-10(15)7-11/h2-9,17H,1H3. The summed E-state index contributed by atoms with van der Waals surface area (Å²) in [5, 5.41) is 10.8. The van der Waals surface area contributed by atoms with Gasteiger partial charge in [0.05, 0.1) is 6.10 Å². The number of hydrogen-bond acceptors (Lipinski definition) is 2. The number of hydrogen-bond donors (Lipinski definition) is 1. The van der Waals surface area contributed by atoms with Crippen LogP contribution in [0.15, 0.2) is 52.3 Å². The van der Waals surface area contributed by atoms with Crippen LogP contribution in [0.1, 0.15) is 18.6 Å². The first-order valence-corrected chi connectivity index (χ1v) is 7.04. The summed E-state index contributed by atoms with van der Waals surface area (Å²) < 4.78 is 0. The van der Waals surface area contributed by atoms with E-state index in [1.165, 1.54) is 0 Å². The van der Waals surface area contributed by atoms with Gasteiger partial charge in [-0.15, -0.1) is 0 Å². The molecule has 0 radical (unpaired) electrons. The second-order valence-electron chi connectivity index (χ2n) is 3.92. The number of benzene rings is 2. The fraction of sp³-hybridized carbons (Fsp3) is 0.143. The number of rotatable bonds is 3. The second kappa shape index (κ2) is 5.98. The molecule has 94 valence electrons. The van der Waals surface area contributed by atoms with Gasteiger partial charge in [0, 0.05) is 19.8 Å². The Morgan fingerprint density at radius 3 is 2.39 bits per heavy atom. The molecule has 18 heavy (non-hydrogen) atoms. The Hall–Kier alpha value is -0.670. The molecular weight excluding hydrogens is 287 g/mol. The highest BCUT2D eigenvalue weighted by atomic mass is 35.5. The Labute approximate surface area is 121 Å². The zero-order valence-corrected chi connectivity index (χ0v) is 12.1. The van der Waals surface area contributed by atoms with E-state index in [0.29, 0.717) is 10.0 Å². The lowest BCUT2D eigenvalue weighted by atomic mass is 10.1. The van der Waals surface area contributed by atoms with Crippen molar-refractivity contribution in [1.82, 2.24) is 0 Å². The summed E-state index contributed by atoms with van der Waals surface area (Å²) in [7, 11) is 0. The van der Waals surface area contributed by atoms with E-state index in [1.54, 1.807) is 18.7 Å². The fourth-order valence-corrected chi connectivity index (χ4v) is 3.15. The van der Waals surface area contributed by atoms with Gasteiger partial charge in [-0.05, 0) is 42.8 Å². The van der Waals surface area contributed by atoms with Crippen molar-refractivity contribution in [2.24, 2.45) is 0 Å². The van der Waals surface area contributed by atoms with Crippen molar-refractivity contribution in [2.75, 3.05) is 0 Å². The van der Waals surface area contributed by atoms with Crippen LogP contribution in [0.5, 0.6) is 0 Å². The predicted octanol–water partition coefficient (Wildman–Crippen LogP) is 5.20. The molecule has 0 saturated carbocycles. The first-order valence-electron chi connectivity index (χ1n) is 5.47. The molecule has 4 heteroatoms. The lowest BCUT2D eigenvalue weighted by Gasteiger charge is -2.09. The maximum Gasteiger partial charge on any atom is 0.0776 e. The highest BCUT2D eigenvalue weighted by Gasteiger charge is 2.07. The molecule has 0 bridgehead atoms. The van der Waals surface area contributed by atoms with Crippen LogP contribution in [-0.4, -0.2) is 5.11 Å². The molecule has 1 N–H and O–H groups in total. The first-order chi connectivity index (χ1) is 8.56. The highest BCUT2D eigenvalue weighted by Crippen LogP contribution is 2.33. The number of aliphatic hydroxyl groups is 1. The van der Waals surface area contributed by atoms with Crippen molar-refractivity contribution in [3.8, 4) is 0 Å². The monoisotopic (exact) mass is 298 g/mol. The Kier molecular flexibility index (Phi) is 4.57. The first kappa shape index (κ1) is 13.8. The van der Waals surface area contributed by atoms with E-state index < -0.39 is 6.10 Å². The average Bonchev–Trinajstić information content (AvgIpc) is 2.28. The molecule has 1 nitrogen and oxygen atoms in total. The second-order valence-corrected chi connectivity index (χ2v) is 5.91. The van der Waals surface area contributed by atoms with E-state index in [2.05, 4.69) is 0 Å². The van der Waals surface area contributed by atoms with Crippen molar-refractivity contribution >= 4 is 35.0 Å². The number of halogens is 2. The summed E-state index contributed by atoms with van der Waals surface area (Å²) in [4.78, 5) is 2.08. The van der Waals surface area contributed by atoms with Crippen LogP contribution in [0, 0.1) is 0 Å². The molecule has 0 aliphatic carbocycles. The predicted molar refractivity (Wildman–Crippen MR) is 77.7 cm³/mol. The largest absolute Gasteiger partial charge is 0.389 e. The molecule has 0 aliphatic heterocycles. The van der Waals surface area contributed by atoms with Gasteiger partial charge in [-0.1, -0.05) is 47.1 Å². The van der Waals surface area contributed by atoms with Gasteiger partial charge in [-0.3, -0.25) is 0 Å². The van der Waals surface area contributed by atoms with E-state index >= 15 is 0 Å². The summed E-state index contributed by atoms with van der Waals surface area (Å²) in [5.41, 5.74) is 0.743. The molecule has 0 aliphatic rings. The summed E-state index contributed by atoms with van der Waals surface area (Å²) in [5.74, 6) is 0. The average molecular weight is 299 g/mol. The minimum absolute atomic E-state index is 0.553. The van der Waals surface area contributed by atoms with Gasteiger partial charge in [-0.2, -0.15) is 0 Å². The van der Waals surface area contributed by atoms with Gasteiger partial charge in [0.1, 0.15) is 0 Å². The van der Waals surface area contributed by atoms with Crippen molar-refractivity contribution < 1.29 is 5.11 Å². The quantitative estimate of drug-likeness (QED) is 0.840. The van der Waals surface area contributed by atoms with Crippen molar-refractivity contribution in [3.63, 3.8) is 0 Å². The normalized spacial score (nSPS) is 12.4. The van der Waals surface area contributed by atoms with Crippen LogP contribution in [-0.2, 0) is 0 Å². The molecule has 1 atom stereocenters. The molecule has 2 aromatic carbocycles. The summed E-state index contributed by atoms with van der Waals surface area (Å²) >= 11 is 13.6. The molecule has 0 heterocycles. The van der Waals surface area contributed by atoms with E-state index in [1.807, 2.05) is 42.5 Å². The topological polar surface area (TPSA) is 20.2 Å². The summed E-state index contributed by atoms with van der Waals surface area (Å²) in [6, 6.07) is 13.3. The van der Waals surface area contributed by atoms with Crippen molar-refractivity contribution in [1.29, 1.82) is 0 Å². The van der Waals surface area contributed by atoms with Gasteiger partial charge in [0.2, 0.25) is 0 Å². The third kappa shape index (κ3) is 3.42. The SMILES string of the molecule is CC(O)c1ccc(Sc2cccc(Cl)c2)cc1Cl. The molecule has 0 aromatic heterocycles. The van der Waals surface area contributed by atoms with Gasteiger partial charge < -0.3 is 5.11 Å². The van der Waals surface area contributed by atoms with Gasteiger partial charge in [-0.25, -0.2) is 0 Å². The minimum atomic E-state index is -0.553. The van der Waals surface area contributed by atoms with Crippen LogP contribution >= 0.6 is 35.0 Å². The van der Waals surface area contributed by atoms with Gasteiger partial charge in [0.25, 0.3) is 0 Å². The summed E-state index contributed by atoms with van der Waals surface area (Å²) in [6.45, 7) is 1.70. The van der Waals surface area contributed by atoms with Crippen LogP contribution in [0.3, 0.4) is 0 Å².